The van der Waals surface area contributed by atoms with Crippen LogP contribution in [0.15, 0.2) is 36.4 Å². The van der Waals surface area contributed by atoms with Gasteiger partial charge in [-0.25, -0.2) is 0 Å². The number of carbonyl (C=O) groups excluding carboxylic acids is 2. The molecule has 6 heteroatoms. The van der Waals surface area contributed by atoms with E-state index in [1.807, 2.05) is 55.3 Å². The third kappa shape index (κ3) is 3.97. The highest BCUT2D eigenvalue weighted by molar-refractivity contribution is 5.94. The number of amides is 1. The Balaban J connectivity index is 1.25. The molecule has 0 N–H and O–H groups in total. The number of hydrogen-bond acceptors (Lipinski definition) is 5. The monoisotopic (exact) mass is 524 g/mol. The maximum absolute atomic E-state index is 13.4. The molecule has 202 valence electrons. The molecule has 2 heterocycles. The minimum absolute atomic E-state index is 0.0632. The minimum Gasteiger partial charge on any atom is -0.487 e. The lowest BCUT2D eigenvalue weighted by atomic mass is 9.51. The van der Waals surface area contributed by atoms with Gasteiger partial charge in [0.05, 0.1) is 6.04 Å². The summed E-state index contributed by atoms with van der Waals surface area (Å²) >= 11 is 0. The van der Waals surface area contributed by atoms with E-state index in [1.54, 1.807) is 0 Å². The second kappa shape index (κ2) is 9.13. The molecule has 3 fully saturated rings. The lowest BCUT2D eigenvalue weighted by Crippen LogP contribution is -2.69. The molecule has 1 amide bonds. The number of carbonyl (C=O) groups is 2. The van der Waals surface area contributed by atoms with Crippen molar-refractivity contribution in [3.05, 3.63) is 58.7 Å². The van der Waals surface area contributed by atoms with E-state index in [4.69, 9.17) is 9.47 Å². The first kappa shape index (κ1) is 24.7. The largest absolute Gasteiger partial charge is 0.487 e. The van der Waals surface area contributed by atoms with E-state index in [-0.39, 0.29) is 29.4 Å². The van der Waals surface area contributed by atoms with Gasteiger partial charge in [-0.15, -0.1) is 0 Å². The summed E-state index contributed by atoms with van der Waals surface area (Å²) in [5.41, 5.74) is 4.19. The van der Waals surface area contributed by atoms with Crippen molar-refractivity contribution in [2.45, 2.75) is 76.0 Å². The van der Waals surface area contributed by atoms with Crippen LogP contribution < -0.4 is 9.47 Å². The third-order valence-electron chi connectivity index (χ3n) is 10.00. The number of piperidine rings is 1. The lowest BCUT2D eigenvalue weighted by Gasteiger charge is -2.60. The summed E-state index contributed by atoms with van der Waals surface area (Å²) in [6, 6.07) is 12.2. The van der Waals surface area contributed by atoms with Crippen molar-refractivity contribution in [1.82, 2.24) is 9.80 Å². The topological polar surface area (TPSA) is 59.1 Å². The van der Waals surface area contributed by atoms with Crippen LogP contribution in [0.3, 0.4) is 0 Å². The molecule has 3 aliphatic carbocycles. The molecular formula is C33H36N2O4. The Hall–Kier alpha value is -3.30. The van der Waals surface area contributed by atoms with Crippen molar-refractivity contribution < 1.29 is 19.1 Å². The van der Waals surface area contributed by atoms with Gasteiger partial charge >= 0.3 is 5.97 Å². The highest BCUT2D eigenvalue weighted by atomic mass is 16.5. The molecule has 6 nitrogen and oxygen atoms in total. The van der Waals surface area contributed by atoms with Crippen LogP contribution >= 0.6 is 0 Å². The van der Waals surface area contributed by atoms with Crippen molar-refractivity contribution in [1.29, 1.82) is 0 Å². The Labute approximate surface area is 230 Å². The third-order valence-corrected chi connectivity index (χ3v) is 10.00. The molecule has 0 radical (unpaired) electrons. The number of rotatable bonds is 4. The Morgan fingerprint density at radius 3 is 2.79 bits per heavy atom. The number of aryl methyl sites for hydroxylation is 1. The Morgan fingerprint density at radius 2 is 2.03 bits per heavy atom. The predicted octanol–water partition coefficient (Wildman–Crippen LogP) is 4.25. The SMILES string of the molecule is CC(=O)Oc1ccc2c3c1C[C@@H]1[C@@H]4CC[C@@H](N(C)C(=O)C#Cc5cccc(C)c5)[C@H](O2)[C@]34CCN1CC1CC1. The molecule has 7 rings (SSSR count). The summed E-state index contributed by atoms with van der Waals surface area (Å²) in [5, 5.41) is 0. The van der Waals surface area contributed by atoms with E-state index in [1.165, 1.54) is 25.3 Å². The van der Waals surface area contributed by atoms with Crippen LogP contribution in [0.1, 0.15) is 61.3 Å². The Morgan fingerprint density at radius 1 is 1.18 bits per heavy atom. The van der Waals surface area contributed by atoms with Crippen LogP contribution in [0.2, 0.25) is 0 Å². The number of benzene rings is 2. The zero-order valence-corrected chi connectivity index (χ0v) is 23.0. The minimum atomic E-state index is -0.291. The standard InChI is InChI=1S/C33H36N2O4/c1-20-5-4-6-22(17-20)9-14-30(37)34(3)26-11-10-25-27-18-24-28(38-21(2)36)12-13-29-31(24)33(25,32(26)39-29)15-16-35(27)19-23-7-8-23/h4-6,12-13,17,23,25-27,32H,7-8,10-11,15-16,18-19H2,1-3H3/t25-,26+,27+,32-,33-/m0/s1. The number of esters is 1. The van der Waals surface area contributed by atoms with Gasteiger partial charge in [0.1, 0.15) is 17.6 Å². The van der Waals surface area contributed by atoms with Gasteiger partial charge in [-0.3, -0.25) is 14.5 Å². The smallest absolute Gasteiger partial charge is 0.308 e. The molecule has 1 spiro atoms. The van der Waals surface area contributed by atoms with Gasteiger partial charge in [0.25, 0.3) is 5.91 Å². The lowest BCUT2D eigenvalue weighted by molar-refractivity contribution is -0.135. The number of nitrogens with zero attached hydrogens (tertiary/aromatic N) is 2. The highest BCUT2D eigenvalue weighted by Crippen LogP contribution is 2.64. The first-order valence-electron chi connectivity index (χ1n) is 14.5. The zero-order chi connectivity index (χ0) is 26.9. The molecule has 5 aliphatic rings. The van der Waals surface area contributed by atoms with Crippen LogP contribution in [-0.4, -0.2) is 60.0 Å². The van der Waals surface area contributed by atoms with E-state index < -0.39 is 0 Å². The van der Waals surface area contributed by atoms with Crippen LogP contribution in [0, 0.1) is 30.6 Å². The van der Waals surface area contributed by atoms with E-state index >= 15 is 0 Å². The van der Waals surface area contributed by atoms with E-state index in [0.29, 0.717) is 17.7 Å². The van der Waals surface area contributed by atoms with E-state index in [0.717, 1.165) is 67.1 Å². The summed E-state index contributed by atoms with van der Waals surface area (Å²) in [6.45, 7) is 5.71. The summed E-state index contributed by atoms with van der Waals surface area (Å²) in [4.78, 5) is 30.0. The molecule has 0 unspecified atom stereocenters. The molecule has 1 saturated heterocycles. The fourth-order valence-corrected chi connectivity index (χ4v) is 8.19. The highest BCUT2D eigenvalue weighted by Gasteiger charge is 2.66. The second-order valence-corrected chi connectivity index (χ2v) is 12.3. The normalized spacial score (nSPS) is 29.9. The van der Waals surface area contributed by atoms with E-state index in [2.05, 4.69) is 16.7 Å². The maximum atomic E-state index is 13.4. The molecule has 0 aromatic heterocycles. The van der Waals surface area contributed by atoms with Crippen LogP contribution in [-0.2, 0) is 21.4 Å². The van der Waals surface area contributed by atoms with Crippen molar-refractivity contribution in [2.24, 2.45) is 11.8 Å². The molecule has 39 heavy (non-hydrogen) atoms. The summed E-state index contributed by atoms with van der Waals surface area (Å²) in [5.74, 6) is 8.38. The Kier molecular flexibility index (Phi) is 5.79. The average molecular weight is 525 g/mol. The molecular weight excluding hydrogens is 488 g/mol. The molecule has 2 aromatic rings. The van der Waals surface area contributed by atoms with Gasteiger partial charge in [0.15, 0.2) is 0 Å². The molecule has 5 atom stereocenters. The van der Waals surface area contributed by atoms with Crippen LogP contribution in [0.25, 0.3) is 0 Å². The van der Waals surface area contributed by atoms with Crippen molar-refractivity contribution in [3.63, 3.8) is 0 Å². The van der Waals surface area contributed by atoms with E-state index in [9.17, 15) is 9.59 Å². The number of likely N-dealkylation sites (tertiary alicyclic amines) is 1. The van der Waals surface area contributed by atoms with Gasteiger partial charge in [-0.1, -0.05) is 18.1 Å². The molecule has 2 bridgehead atoms. The summed E-state index contributed by atoms with van der Waals surface area (Å²) in [7, 11) is 1.88. The van der Waals surface area contributed by atoms with Gasteiger partial charge in [0, 0.05) is 54.6 Å². The number of ether oxygens (including phenoxy) is 2. The second-order valence-electron chi connectivity index (χ2n) is 12.3. The van der Waals surface area contributed by atoms with Crippen LogP contribution in [0.5, 0.6) is 11.5 Å². The maximum Gasteiger partial charge on any atom is 0.308 e. The fraction of sp³-hybridized carbons (Fsp3) is 0.515. The molecule has 2 saturated carbocycles. The summed E-state index contributed by atoms with van der Waals surface area (Å²) < 4.78 is 12.6. The number of likely N-dealkylation sites (N-methyl/N-ethyl adjacent to an activating group) is 1. The fourth-order valence-electron chi connectivity index (χ4n) is 8.19. The van der Waals surface area contributed by atoms with Crippen molar-refractivity contribution in [3.8, 4) is 23.3 Å². The van der Waals surface area contributed by atoms with Crippen LogP contribution in [0.4, 0.5) is 0 Å². The van der Waals surface area contributed by atoms with Gasteiger partial charge in [-0.2, -0.15) is 0 Å². The first-order valence-corrected chi connectivity index (χ1v) is 14.5. The van der Waals surface area contributed by atoms with Crippen molar-refractivity contribution in [2.75, 3.05) is 20.1 Å². The zero-order valence-electron chi connectivity index (χ0n) is 23.0. The van der Waals surface area contributed by atoms with Crippen molar-refractivity contribution >= 4 is 11.9 Å². The average Bonchev–Trinajstić information content (AvgIpc) is 3.67. The molecule has 2 aromatic carbocycles. The van der Waals surface area contributed by atoms with Gasteiger partial charge < -0.3 is 14.4 Å². The number of hydrogen-bond donors (Lipinski definition) is 0. The first-order chi connectivity index (χ1) is 18.8. The molecule has 2 aliphatic heterocycles. The van der Waals surface area contributed by atoms with Gasteiger partial charge in [0.2, 0.25) is 0 Å². The van der Waals surface area contributed by atoms with Gasteiger partial charge in [-0.05, 0) is 93.7 Å². The summed E-state index contributed by atoms with van der Waals surface area (Å²) in [6.07, 6.45) is 6.39. The quantitative estimate of drug-likeness (QED) is 0.340. The predicted molar refractivity (Wildman–Crippen MR) is 148 cm³/mol. The Bertz CT molecular complexity index is 1420.